The van der Waals surface area contributed by atoms with Gasteiger partial charge in [0, 0.05) is 23.0 Å². The van der Waals surface area contributed by atoms with Crippen LogP contribution in [0.2, 0.25) is 11.4 Å². The molecule has 9 heteroatoms. The maximum atomic E-state index is 14.4. The van der Waals surface area contributed by atoms with Crippen molar-refractivity contribution in [1.82, 2.24) is 0 Å². The van der Waals surface area contributed by atoms with Crippen molar-refractivity contribution in [3.05, 3.63) is 142 Å². The fraction of sp³-hybridized carbons (Fsp3) is 0.333. The van der Waals surface area contributed by atoms with Crippen LogP contribution in [0.1, 0.15) is 79.7 Å². The van der Waals surface area contributed by atoms with Crippen LogP contribution in [0.3, 0.4) is 0 Å². The Bertz CT molecular complexity index is 2050. The lowest BCUT2D eigenvalue weighted by atomic mass is 9.54. The summed E-state index contributed by atoms with van der Waals surface area (Å²) in [6.07, 6.45) is 3.80. The van der Waals surface area contributed by atoms with E-state index < -0.39 is 50.9 Å². The molecule has 6 nitrogen and oxygen atoms in total. The number of benzene rings is 4. The lowest BCUT2D eigenvalue weighted by Crippen LogP contribution is -2.66. The van der Waals surface area contributed by atoms with E-state index in [0.29, 0.717) is 42.4 Å². The first-order chi connectivity index (χ1) is 25.9. The van der Waals surface area contributed by atoms with Crippen LogP contribution in [0.4, 0.5) is 4.39 Å². The monoisotopic (exact) mass is 742 g/mol. The van der Waals surface area contributed by atoms with Crippen LogP contribution < -0.4 is 10.4 Å². The summed E-state index contributed by atoms with van der Waals surface area (Å²) < 4.78 is 28.1. The van der Waals surface area contributed by atoms with Crippen LogP contribution in [0.5, 0.6) is 5.75 Å². The number of allylic oxidation sites excluding steroid dienone is 1. The molecule has 54 heavy (non-hydrogen) atoms. The summed E-state index contributed by atoms with van der Waals surface area (Å²) in [5.74, 6) is -2.74. The normalized spacial score (nSPS) is 21.8. The zero-order valence-corrected chi connectivity index (χ0v) is 32.4. The Kier molecular flexibility index (Phi) is 10.8. The molecule has 0 amide bonds. The Morgan fingerprint density at radius 1 is 0.907 bits per heavy atom. The Morgan fingerprint density at radius 3 is 2.11 bits per heavy atom. The quantitative estimate of drug-likeness (QED) is 0.126. The van der Waals surface area contributed by atoms with E-state index in [1.807, 2.05) is 25.1 Å². The summed E-state index contributed by atoms with van der Waals surface area (Å²) in [7, 11) is -4.09. The van der Waals surface area contributed by atoms with Crippen molar-refractivity contribution in [2.45, 2.75) is 70.8 Å². The lowest BCUT2D eigenvalue weighted by Gasteiger charge is -2.48. The number of rotatable bonds is 10. The van der Waals surface area contributed by atoms with Crippen LogP contribution in [0, 0.1) is 23.6 Å². The van der Waals surface area contributed by atoms with Gasteiger partial charge < -0.3 is 19.2 Å². The SMILES string of the molecule is CC/C(=C\c1ccc(O)c(F)c1)CC[C@H]1OB(O)C[C@H]2C1=C(CO[Si](c1ccccc1)(c1ccccc1)C(C)(C)C)C[C@H]1C(=O)c3ccccc3C(=O)[C@H]12. The third kappa shape index (κ3) is 6.99. The van der Waals surface area contributed by atoms with Gasteiger partial charge in [-0.3, -0.25) is 9.59 Å². The Balaban J connectivity index is 1.32. The Hall–Kier alpha value is -4.41. The summed E-state index contributed by atoms with van der Waals surface area (Å²) in [6, 6.07) is 32.3. The second-order valence-corrected chi connectivity index (χ2v) is 20.3. The number of aromatic hydroxyl groups is 1. The van der Waals surface area contributed by atoms with Crippen LogP contribution in [-0.2, 0) is 9.08 Å². The summed E-state index contributed by atoms with van der Waals surface area (Å²) >= 11 is 0. The van der Waals surface area contributed by atoms with Crippen molar-refractivity contribution in [3.63, 3.8) is 0 Å². The predicted octanol–water partition coefficient (Wildman–Crippen LogP) is 8.19. The molecule has 3 aliphatic rings. The molecule has 4 atom stereocenters. The van der Waals surface area contributed by atoms with E-state index in [4.69, 9.17) is 9.08 Å². The number of hydrogen-bond donors (Lipinski definition) is 2. The predicted molar refractivity (Wildman–Crippen MR) is 214 cm³/mol. The highest BCUT2D eigenvalue weighted by Crippen LogP contribution is 2.51. The number of halogens is 1. The van der Waals surface area contributed by atoms with Crippen molar-refractivity contribution >= 4 is 43.5 Å². The summed E-state index contributed by atoms with van der Waals surface area (Å²) in [6.45, 7) is 9.00. The average Bonchev–Trinajstić information content (AvgIpc) is 3.17. The van der Waals surface area contributed by atoms with E-state index in [2.05, 4.69) is 69.3 Å². The number of fused-ring (bicyclic) bond motifs is 4. The minimum absolute atomic E-state index is 0.0351. The fourth-order valence-corrected chi connectivity index (χ4v) is 13.8. The van der Waals surface area contributed by atoms with E-state index in [1.165, 1.54) is 12.1 Å². The maximum Gasteiger partial charge on any atom is 0.455 e. The highest BCUT2D eigenvalue weighted by atomic mass is 28.4. The third-order valence-electron chi connectivity index (χ3n) is 11.8. The van der Waals surface area contributed by atoms with Crippen LogP contribution in [0.15, 0.2) is 120 Å². The number of ketones is 2. The van der Waals surface area contributed by atoms with Gasteiger partial charge in [0.05, 0.1) is 12.7 Å². The molecule has 0 radical (unpaired) electrons. The van der Waals surface area contributed by atoms with Crippen molar-refractivity contribution in [1.29, 1.82) is 0 Å². The molecule has 0 saturated carbocycles. The van der Waals surface area contributed by atoms with Gasteiger partial charge in [-0.15, -0.1) is 0 Å². The molecule has 0 spiro atoms. The van der Waals surface area contributed by atoms with Gasteiger partial charge in [-0.05, 0) is 82.2 Å². The summed E-state index contributed by atoms with van der Waals surface area (Å²) in [4.78, 5) is 28.7. The molecule has 1 fully saturated rings. The number of Topliss-reactive ketones (excluding diaryl/α,β-unsaturated/α-hetero) is 2. The number of phenols is 1. The largest absolute Gasteiger partial charge is 0.505 e. The number of phenolic OH excluding ortho intramolecular Hbond substituents is 1. The van der Waals surface area contributed by atoms with Gasteiger partial charge in [-0.25, -0.2) is 4.39 Å². The molecule has 1 saturated heterocycles. The van der Waals surface area contributed by atoms with Gasteiger partial charge in [0.1, 0.15) is 0 Å². The highest BCUT2D eigenvalue weighted by molar-refractivity contribution is 6.99. The highest BCUT2D eigenvalue weighted by Gasteiger charge is 2.55. The molecule has 278 valence electrons. The molecular formula is C45H48BFO6Si. The van der Waals surface area contributed by atoms with E-state index in [9.17, 15) is 24.1 Å². The van der Waals surface area contributed by atoms with E-state index in [0.717, 1.165) is 27.1 Å². The van der Waals surface area contributed by atoms with Gasteiger partial charge in [0.25, 0.3) is 8.32 Å². The summed E-state index contributed by atoms with van der Waals surface area (Å²) in [5, 5.41) is 23.0. The second-order valence-electron chi connectivity index (χ2n) is 15.9. The Morgan fingerprint density at radius 2 is 1.52 bits per heavy atom. The number of carbonyl (C=O) groups is 2. The molecule has 2 N–H and O–H groups in total. The maximum absolute atomic E-state index is 14.4. The smallest absolute Gasteiger partial charge is 0.455 e. The van der Waals surface area contributed by atoms with Gasteiger partial charge in [0.15, 0.2) is 23.1 Å². The van der Waals surface area contributed by atoms with E-state index >= 15 is 0 Å². The van der Waals surface area contributed by atoms with Gasteiger partial charge in [-0.1, -0.05) is 130 Å². The van der Waals surface area contributed by atoms with E-state index in [-0.39, 0.29) is 29.5 Å². The zero-order chi connectivity index (χ0) is 38.2. The standard InChI is InChI=1S/C45H48BFO6Si/c1-5-29(24-30-20-22-39(48)38(47)25-30)21-23-40-41-31(28-52-54(45(2,3)4,32-14-8-6-9-15-32)33-16-10-7-11-17-33)26-36-42(37(41)27-46(51)53-40)44(50)35-19-13-12-18-34(35)43(36)49/h6-20,22,24-25,36-37,40,42,48,51H,5,21,23,26-28H2,1-4H3/b29-24+/t36-,37+,40-,42-/m1/s1. The first-order valence-corrected chi connectivity index (χ1v) is 21.0. The molecule has 1 aliphatic heterocycles. The van der Waals surface area contributed by atoms with Gasteiger partial charge in [-0.2, -0.15) is 0 Å². The molecule has 0 unspecified atom stereocenters. The van der Waals surface area contributed by atoms with Crippen molar-refractivity contribution in [2.24, 2.45) is 17.8 Å². The third-order valence-corrected chi connectivity index (χ3v) is 16.7. The molecule has 7 rings (SSSR count). The molecule has 4 aromatic rings. The topological polar surface area (TPSA) is 93.1 Å². The molecule has 4 aromatic carbocycles. The van der Waals surface area contributed by atoms with Crippen molar-refractivity contribution < 1.29 is 33.2 Å². The first kappa shape index (κ1) is 37.9. The first-order valence-electron chi connectivity index (χ1n) is 19.1. The molecular weight excluding hydrogens is 694 g/mol. The number of hydrogen-bond acceptors (Lipinski definition) is 6. The van der Waals surface area contributed by atoms with Gasteiger partial charge in [0.2, 0.25) is 0 Å². The van der Waals surface area contributed by atoms with Crippen LogP contribution >= 0.6 is 0 Å². The average molecular weight is 743 g/mol. The van der Waals surface area contributed by atoms with E-state index in [1.54, 1.807) is 30.3 Å². The molecule has 0 bridgehead atoms. The minimum Gasteiger partial charge on any atom is -0.505 e. The second kappa shape index (κ2) is 15.4. The Labute approximate surface area is 319 Å². The lowest BCUT2D eigenvalue weighted by molar-refractivity contribution is 0.0591. The van der Waals surface area contributed by atoms with Gasteiger partial charge >= 0.3 is 7.12 Å². The zero-order valence-electron chi connectivity index (χ0n) is 31.4. The van der Waals surface area contributed by atoms with Crippen LogP contribution in [-0.4, -0.2) is 49.8 Å². The van der Waals surface area contributed by atoms with Crippen molar-refractivity contribution in [2.75, 3.05) is 6.61 Å². The van der Waals surface area contributed by atoms with Crippen molar-refractivity contribution in [3.8, 4) is 5.75 Å². The fourth-order valence-electron chi connectivity index (χ4n) is 9.27. The summed E-state index contributed by atoms with van der Waals surface area (Å²) in [5.41, 5.74) is 4.55. The molecule has 0 aromatic heterocycles. The minimum atomic E-state index is -2.99. The van der Waals surface area contributed by atoms with Crippen LogP contribution in [0.25, 0.3) is 6.08 Å². The number of carbonyl (C=O) groups excluding carboxylic acids is 2. The molecule has 1 heterocycles. The molecule has 2 aliphatic carbocycles.